The molecule has 62 valence electrons. The van der Waals surface area contributed by atoms with Crippen molar-refractivity contribution < 1.29 is 4.39 Å². The minimum atomic E-state index is -0.764. The van der Waals surface area contributed by atoms with E-state index >= 15 is 0 Å². The average Bonchev–Trinajstić information content (AvgIpc) is 2.13. The quantitative estimate of drug-likeness (QED) is 0.524. The molecule has 0 radical (unpaired) electrons. The Morgan fingerprint density at radius 3 is 3.09 bits per heavy atom. The van der Waals surface area contributed by atoms with Gasteiger partial charge in [-0.2, -0.15) is 0 Å². The summed E-state index contributed by atoms with van der Waals surface area (Å²) in [6.45, 7) is 7.35. The van der Waals surface area contributed by atoms with Crippen molar-refractivity contribution in [3.63, 3.8) is 0 Å². The van der Waals surface area contributed by atoms with Crippen LogP contribution in [-0.4, -0.2) is 24.2 Å². The van der Waals surface area contributed by atoms with Crippen LogP contribution in [0.5, 0.6) is 0 Å². The van der Waals surface area contributed by atoms with E-state index in [2.05, 4.69) is 11.5 Å². The molecule has 0 aromatic heterocycles. The third-order valence-electron chi connectivity index (χ3n) is 1.89. The zero-order valence-corrected chi connectivity index (χ0v) is 6.89. The fraction of sp³-hybridized carbons (Fsp3) is 0.556. The molecular weight excluding hydrogens is 141 g/mol. The molecule has 0 saturated carbocycles. The van der Waals surface area contributed by atoms with Crippen molar-refractivity contribution in [2.45, 2.75) is 19.5 Å². The van der Waals surface area contributed by atoms with Gasteiger partial charge in [0.2, 0.25) is 0 Å². The first-order chi connectivity index (χ1) is 5.20. The molecule has 0 aliphatic carbocycles. The van der Waals surface area contributed by atoms with Gasteiger partial charge in [-0.15, -0.1) is 0 Å². The van der Waals surface area contributed by atoms with Crippen LogP contribution in [0.1, 0.15) is 13.3 Å². The summed E-state index contributed by atoms with van der Waals surface area (Å²) >= 11 is 0. The predicted octanol–water partition coefficient (Wildman–Crippen LogP) is 2.12. The first kappa shape index (κ1) is 8.31. The lowest BCUT2D eigenvalue weighted by atomic mass is 10.3. The largest absolute Gasteiger partial charge is 0.372 e. The SMILES string of the molecule is C=C(C)N1CC=CC(F)CC1. The van der Waals surface area contributed by atoms with E-state index in [1.54, 1.807) is 6.08 Å². The van der Waals surface area contributed by atoms with Gasteiger partial charge in [-0.1, -0.05) is 18.7 Å². The Morgan fingerprint density at radius 2 is 2.45 bits per heavy atom. The van der Waals surface area contributed by atoms with Crippen LogP contribution < -0.4 is 0 Å². The second-order valence-electron chi connectivity index (χ2n) is 2.91. The number of allylic oxidation sites excluding steroid dienone is 2. The Bertz CT molecular complexity index is 174. The molecule has 0 fully saturated rings. The van der Waals surface area contributed by atoms with Crippen molar-refractivity contribution in [3.05, 3.63) is 24.4 Å². The molecular formula is C9H14FN. The summed E-state index contributed by atoms with van der Waals surface area (Å²) in [5.74, 6) is 0. The topological polar surface area (TPSA) is 3.24 Å². The van der Waals surface area contributed by atoms with E-state index in [9.17, 15) is 4.39 Å². The van der Waals surface area contributed by atoms with Gasteiger partial charge in [-0.3, -0.25) is 0 Å². The van der Waals surface area contributed by atoms with Gasteiger partial charge >= 0.3 is 0 Å². The van der Waals surface area contributed by atoms with Gasteiger partial charge in [-0.25, -0.2) is 4.39 Å². The Balaban J connectivity index is 2.49. The third-order valence-corrected chi connectivity index (χ3v) is 1.89. The van der Waals surface area contributed by atoms with Crippen molar-refractivity contribution >= 4 is 0 Å². The monoisotopic (exact) mass is 155 g/mol. The number of nitrogens with zero attached hydrogens (tertiary/aromatic N) is 1. The molecule has 0 aromatic rings. The van der Waals surface area contributed by atoms with E-state index < -0.39 is 6.17 Å². The van der Waals surface area contributed by atoms with Gasteiger partial charge in [0.15, 0.2) is 0 Å². The molecule has 1 atom stereocenters. The Morgan fingerprint density at radius 1 is 1.73 bits per heavy atom. The lowest BCUT2D eigenvalue weighted by molar-refractivity contribution is 0.319. The molecule has 2 heteroatoms. The van der Waals surface area contributed by atoms with Crippen molar-refractivity contribution in [2.75, 3.05) is 13.1 Å². The highest BCUT2D eigenvalue weighted by Crippen LogP contribution is 2.10. The number of rotatable bonds is 1. The maximum atomic E-state index is 12.7. The van der Waals surface area contributed by atoms with Crippen LogP contribution in [0.15, 0.2) is 24.4 Å². The standard InChI is InChI=1S/C9H14FN/c1-8(2)11-6-3-4-9(10)5-7-11/h3-4,9H,1,5-7H2,2H3. The number of alkyl halides is 1. The molecule has 0 spiro atoms. The molecule has 1 aliphatic heterocycles. The van der Waals surface area contributed by atoms with Crippen LogP contribution in [0.3, 0.4) is 0 Å². The second kappa shape index (κ2) is 3.56. The van der Waals surface area contributed by atoms with E-state index in [0.29, 0.717) is 6.42 Å². The van der Waals surface area contributed by atoms with Gasteiger partial charge in [0.1, 0.15) is 6.17 Å². The molecule has 0 saturated heterocycles. The zero-order chi connectivity index (χ0) is 8.27. The Hall–Kier alpha value is -0.790. The molecule has 0 amide bonds. The summed E-state index contributed by atoms with van der Waals surface area (Å²) < 4.78 is 12.7. The molecule has 1 unspecified atom stereocenters. The van der Waals surface area contributed by atoms with Crippen molar-refractivity contribution in [2.24, 2.45) is 0 Å². The van der Waals surface area contributed by atoms with Crippen molar-refractivity contribution in [1.29, 1.82) is 0 Å². The lowest BCUT2D eigenvalue weighted by Gasteiger charge is -2.21. The van der Waals surface area contributed by atoms with Crippen LogP contribution in [0.25, 0.3) is 0 Å². The number of hydrogen-bond acceptors (Lipinski definition) is 1. The zero-order valence-electron chi connectivity index (χ0n) is 6.89. The maximum Gasteiger partial charge on any atom is 0.120 e. The van der Waals surface area contributed by atoms with E-state index in [4.69, 9.17) is 0 Å². The highest BCUT2D eigenvalue weighted by atomic mass is 19.1. The summed E-state index contributed by atoms with van der Waals surface area (Å²) in [5.41, 5.74) is 1.02. The normalized spacial score (nSPS) is 24.9. The molecule has 0 bridgehead atoms. The van der Waals surface area contributed by atoms with Gasteiger partial charge < -0.3 is 4.90 Å². The molecule has 1 nitrogen and oxygen atoms in total. The molecule has 0 N–H and O–H groups in total. The smallest absolute Gasteiger partial charge is 0.120 e. The molecule has 11 heavy (non-hydrogen) atoms. The second-order valence-corrected chi connectivity index (χ2v) is 2.91. The summed E-state index contributed by atoms with van der Waals surface area (Å²) in [6.07, 6.45) is 3.32. The van der Waals surface area contributed by atoms with Gasteiger partial charge in [0.05, 0.1) is 0 Å². The number of halogens is 1. The Kier molecular flexibility index (Phi) is 2.69. The van der Waals surface area contributed by atoms with Crippen LogP contribution in [0, 0.1) is 0 Å². The van der Waals surface area contributed by atoms with Gasteiger partial charge in [0.25, 0.3) is 0 Å². The molecule has 1 rings (SSSR count). The van der Waals surface area contributed by atoms with E-state index in [-0.39, 0.29) is 0 Å². The highest BCUT2D eigenvalue weighted by molar-refractivity contribution is 5.00. The van der Waals surface area contributed by atoms with Crippen LogP contribution >= 0.6 is 0 Å². The van der Waals surface area contributed by atoms with Crippen molar-refractivity contribution in [1.82, 2.24) is 4.90 Å². The average molecular weight is 155 g/mol. The van der Waals surface area contributed by atoms with E-state index in [1.807, 2.05) is 13.0 Å². The molecule has 1 aliphatic rings. The summed E-state index contributed by atoms with van der Waals surface area (Å²) in [6, 6.07) is 0. The van der Waals surface area contributed by atoms with Crippen molar-refractivity contribution in [3.8, 4) is 0 Å². The third kappa shape index (κ3) is 2.37. The lowest BCUT2D eigenvalue weighted by Crippen LogP contribution is -2.22. The first-order valence-electron chi connectivity index (χ1n) is 3.91. The van der Waals surface area contributed by atoms with E-state index in [0.717, 1.165) is 18.8 Å². The van der Waals surface area contributed by atoms with Crippen LogP contribution in [0.2, 0.25) is 0 Å². The minimum Gasteiger partial charge on any atom is -0.372 e. The minimum absolute atomic E-state index is 0.587. The molecule has 1 heterocycles. The number of hydrogen-bond donors (Lipinski definition) is 0. The summed E-state index contributed by atoms with van der Waals surface area (Å²) in [7, 11) is 0. The van der Waals surface area contributed by atoms with Gasteiger partial charge in [0, 0.05) is 18.8 Å². The van der Waals surface area contributed by atoms with Gasteiger partial charge in [-0.05, 0) is 13.3 Å². The van der Waals surface area contributed by atoms with E-state index in [1.165, 1.54) is 0 Å². The fourth-order valence-electron chi connectivity index (χ4n) is 1.15. The fourth-order valence-corrected chi connectivity index (χ4v) is 1.15. The van der Waals surface area contributed by atoms with Crippen LogP contribution in [-0.2, 0) is 0 Å². The summed E-state index contributed by atoms with van der Waals surface area (Å²) in [5, 5.41) is 0. The maximum absolute atomic E-state index is 12.7. The Labute approximate surface area is 67.2 Å². The summed E-state index contributed by atoms with van der Waals surface area (Å²) in [4.78, 5) is 2.08. The predicted molar refractivity (Wildman–Crippen MR) is 45.0 cm³/mol. The van der Waals surface area contributed by atoms with Crippen LogP contribution in [0.4, 0.5) is 4.39 Å². The highest BCUT2D eigenvalue weighted by Gasteiger charge is 2.10. The molecule has 0 aromatic carbocycles. The first-order valence-corrected chi connectivity index (χ1v) is 3.91.